The highest BCUT2D eigenvalue weighted by atomic mass is 19.4. The van der Waals surface area contributed by atoms with Gasteiger partial charge in [-0.05, 0) is 17.7 Å². The molecule has 1 atom stereocenters. The summed E-state index contributed by atoms with van der Waals surface area (Å²) in [4.78, 5) is 17.1. The molecule has 0 saturated heterocycles. The summed E-state index contributed by atoms with van der Waals surface area (Å²) >= 11 is 0. The number of carbonyl (C=O) groups excluding carboxylic acids is 1. The number of carbonyl (C=O) groups is 1. The Morgan fingerprint density at radius 3 is 2.67 bits per heavy atom. The van der Waals surface area contributed by atoms with E-state index in [1.54, 1.807) is 18.2 Å². The maximum atomic E-state index is 13.5. The van der Waals surface area contributed by atoms with Gasteiger partial charge < -0.3 is 24.0 Å². The number of ether oxygens (including phenoxy) is 2. The quantitative estimate of drug-likeness (QED) is 0.851. The lowest BCUT2D eigenvalue weighted by Gasteiger charge is -2.31. The number of alkyl halides is 3. The van der Waals surface area contributed by atoms with Crippen molar-refractivity contribution in [3.8, 4) is 11.5 Å². The Morgan fingerprint density at radius 2 is 2.04 bits per heavy atom. The minimum atomic E-state index is -5.07. The van der Waals surface area contributed by atoms with Gasteiger partial charge in [0.05, 0.1) is 6.42 Å². The molecule has 146 valence electrons. The highest BCUT2D eigenvalue weighted by molar-refractivity contribution is 5.77. The molecule has 0 radical (unpaired) electrons. The predicted octanol–water partition coefficient (Wildman–Crippen LogP) is 1.95. The number of nitrogens with zero attached hydrogens (tertiary/aromatic N) is 3. The van der Waals surface area contributed by atoms with Crippen molar-refractivity contribution in [1.82, 2.24) is 14.5 Å². The third-order valence-electron chi connectivity index (χ3n) is 4.35. The average Bonchev–Trinajstić information content (AvgIpc) is 3.21. The molecule has 1 aromatic heterocycles. The van der Waals surface area contributed by atoms with E-state index in [-0.39, 0.29) is 13.3 Å². The molecule has 7 nitrogen and oxygen atoms in total. The Morgan fingerprint density at radius 1 is 1.33 bits per heavy atom. The van der Waals surface area contributed by atoms with Crippen LogP contribution in [0.4, 0.5) is 13.2 Å². The zero-order chi connectivity index (χ0) is 19.8. The van der Waals surface area contributed by atoms with E-state index >= 15 is 0 Å². The van der Waals surface area contributed by atoms with Gasteiger partial charge in [-0.25, -0.2) is 4.98 Å². The van der Waals surface area contributed by atoms with Gasteiger partial charge in [0.25, 0.3) is 0 Å². The number of benzene rings is 1. The maximum absolute atomic E-state index is 13.5. The normalized spacial score (nSPS) is 15.5. The van der Waals surface area contributed by atoms with E-state index in [0.29, 0.717) is 17.1 Å². The first kappa shape index (κ1) is 19.0. The molecule has 0 fully saturated rings. The van der Waals surface area contributed by atoms with E-state index in [1.165, 1.54) is 20.3 Å². The summed E-state index contributed by atoms with van der Waals surface area (Å²) in [7, 11) is 2.68. The van der Waals surface area contributed by atoms with Crippen LogP contribution in [0.5, 0.6) is 11.5 Å². The molecule has 1 aliphatic rings. The minimum absolute atomic E-state index is 0.0456. The van der Waals surface area contributed by atoms with E-state index in [9.17, 15) is 23.1 Å². The first-order valence-corrected chi connectivity index (χ1v) is 8.01. The number of hydrogen-bond donors (Lipinski definition) is 1. The van der Waals surface area contributed by atoms with Gasteiger partial charge in [-0.15, -0.1) is 0 Å². The molecule has 0 spiro atoms. The van der Waals surface area contributed by atoms with Gasteiger partial charge in [-0.2, -0.15) is 13.2 Å². The summed E-state index contributed by atoms with van der Waals surface area (Å²) in [6, 6.07) is 5.00. The third-order valence-corrected chi connectivity index (χ3v) is 4.35. The van der Waals surface area contributed by atoms with Crippen LogP contribution < -0.4 is 9.47 Å². The van der Waals surface area contributed by atoms with Crippen LogP contribution in [0.2, 0.25) is 0 Å². The second kappa shape index (κ2) is 6.76. The smallest absolute Gasteiger partial charge is 0.425 e. The minimum Gasteiger partial charge on any atom is -0.454 e. The fraction of sp³-hybridized carbons (Fsp3) is 0.412. The van der Waals surface area contributed by atoms with Crippen molar-refractivity contribution >= 4 is 5.91 Å². The van der Waals surface area contributed by atoms with Gasteiger partial charge in [-0.3, -0.25) is 4.79 Å². The number of rotatable bonds is 5. The van der Waals surface area contributed by atoms with Crippen LogP contribution in [0.25, 0.3) is 0 Å². The molecule has 0 bridgehead atoms. The zero-order valence-electron chi connectivity index (χ0n) is 14.7. The van der Waals surface area contributed by atoms with E-state index in [4.69, 9.17) is 9.47 Å². The molecule has 1 N–H and O–H groups in total. The SMILES string of the molecule is CN(Cc1ccc2c(c1)OCO2)C(=O)C[C@@](O)(c1nccn1C)C(F)(F)F. The maximum Gasteiger partial charge on any atom is 0.425 e. The summed E-state index contributed by atoms with van der Waals surface area (Å²) in [5.74, 6) is -0.447. The molecular formula is C17H18F3N3O4. The van der Waals surface area contributed by atoms with Gasteiger partial charge in [0.1, 0.15) is 0 Å². The van der Waals surface area contributed by atoms with Gasteiger partial charge in [0, 0.05) is 33.0 Å². The molecular weight excluding hydrogens is 367 g/mol. The second-order valence-electron chi connectivity index (χ2n) is 6.33. The summed E-state index contributed by atoms with van der Waals surface area (Å²) in [6.45, 7) is 0.139. The highest BCUT2D eigenvalue weighted by Gasteiger charge is 2.58. The Bertz CT molecular complexity index is 852. The van der Waals surface area contributed by atoms with Crippen LogP contribution in [0.3, 0.4) is 0 Å². The molecule has 2 aromatic rings. The average molecular weight is 385 g/mol. The van der Waals surface area contributed by atoms with Crippen LogP contribution in [-0.4, -0.2) is 45.5 Å². The number of hydrogen-bond acceptors (Lipinski definition) is 5. The van der Waals surface area contributed by atoms with Crippen LogP contribution in [0.15, 0.2) is 30.6 Å². The van der Waals surface area contributed by atoms with E-state index in [2.05, 4.69) is 4.98 Å². The van der Waals surface area contributed by atoms with Crippen molar-refractivity contribution in [1.29, 1.82) is 0 Å². The van der Waals surface area contributed by atoms with Gasteiger partial charge in [0.15, 0.2) is 17.3 Å². The lowest BCUT2D eigenvalue weighted by molar-refractivity contribution is -0.271. The Hall–Kier alpha value is -2.75. The first-order chi connectivity index (χ1) is 12.6. The van der Waals surface area contributed by atoms with Crippen LogP contribution in [-0.2, 0) is 24.0 Å². The lowest BCUT2D eigenvalue weighted by Crippen LogP contribution is -2.48. The Balaban J connectivity index is 1.76. The number of amides is 1. The molecule has 2 heterocycles. The second-order valence-corrected chi connectivity index (χ2v) is 6.33. The Labute approximate surface area is 152 Å². The highest BCUT2D eigenvalue weighted by Crippen LogP contribution is 2.41. The standard InChI is InChI=1S/C17H18F3N3O4/c1-22-6-5-21-15(22)16(25,17(18,19)20)8-14(24)23(2)9-11-3-4-12-13(7-11)27-10-26-12/h3-7,25H,8-10H2,1-2H3/t16-/m1/s1. The molecule has 0 aliphatic carbocycles. The van der Waals surface area contributed by atoms with E-state index in [1.807, 2.05) is 0 Å². The zero-order valence-corrected chi connectivity index (χ0v) is 14.7. The third kappa shape index (κ3) is 3.57. The number of aliphatic hydroxyl groups is 1. The largest absolute Gasteiger partial charge is 0.454 e. The van der Waals surface area contributed by atoms with Crippen LogP contribution in [0.1, 0.15) is 17.8 Å². The van der Waals surface area contributed by atoms with Crippen molar-refractivity contribution < 1.29 is 32.5 Å². The van der Waals surface area contributed by atoms with Crippen molar-refractivity contribution in [3.63, 3.8) is 0 Å². The first-order valence-electron chi connectivity index (χ1n) is 8.01. The summed E-state index contributed by atoms with van der Waals surface area (Å²) in [6.07, 6.45) is -3.84. The number of imidazole rings is 1. The van der Waals surface area contributed by atoms with Crippen LogP contribution in [0, 0.1) is 0 Å². The van der Waals surface area contributed by atoms with E-state index < -0.39 is 29.9 Å². The molecule has 1 aromatic carbocycles. The van der Waals surface area contributed by atoms with Crippen LogP contribution >= 0.6 is 0 Å². The molecule has 1 aliphatic heterocycles. The number of aromatic nitrogens is 2. The van der Waals surface area contributed by atoms with Crippen molar-refractivity contribution in [3.05, 3.63) is 42.0 Å². The number of fused-ring (bicyclic) bond motifs is 1. The van der Waals surface area contributed by atoms with Crippen molar-refractivity contribution in [2.24, 2.45) is 7.05 Å². The summed E-state index contributed by atoms with van der Waals surface area (Å²) in [5, 5.41) is 10.3. The van der Waals surface area contributed by atoms with Crippen molar-refractivity contribution in [2.45, 2.75) is 24.7 Å². The lowest BCUT2D eigenvalue weighted by atomic mass is 9.96. The molecule has 1 amide bonds. The van der Waals surface area contributed by atoms with Crippen molar-refractivity contribution in [2.75, 3.05) is 13.8 Å². The summed E-state index contributed by atoms with van der Waals surface area (Å²) in [5.41, 5.74) is -2.73. The van der Waals surface area contributed by atoms with Gasteiger partial charge >= 0.3 is 6.18 Å². The molecule has 27 heavy (non-hydrogen) atoms. The fourth-order valence-electron chi connectivity index (χ4n) is 2.83. The Kier molecular flexibility index (Phi) is 4.77. The number of halogens is 3. The molecule has 0 unspecified atom stereocenters. The molecule has 0 saturated carbocycles. The molecule has 10 heteroatoms. The summed E-state index contributed by atoms with van der Waals surface area (Å²) < 4.78 is 52.1. The number of aryl methyl sites for hydroxylation is 1. The van der Waals surface area contributed by atoms with E-state index in [0.717, 1.165) is 15.7 Å². The predicted molar refractivity (Wildman–Crippen MR) is 86.8 cm³/mol. The van der Waals surface area contributed by atoms with Gasteiger partial charge in [-0.1, -0.05) is 6.07 Å². The monoisotopic (exact) mass is 385 g/mol. The molecule has 3 rings (SSSR count). The topological polar surface area (TPSA) is 76.8 Å². The fourth-order valence-corrected chi connectivity index (χ4v) is 2.83. The van der Waals surface area contributed by atoms with Gasteiger partial charge in [0.2, 0.25) is 18.3 Å².